The summed E-state index contributed by atoms with van der Waals surface area (Å²) in [6.07, 6.45) is 3.55. The van der Waals surface area contributed by atoms with Crippen LogP contribution >= 0.6 is 11.6 Å². The molecule has 1 saturated carbocycles. The number of hydrogen-bond donors (Lipinski definition) is 2. The van der Waals surface area contributed by atoms with E-state index in [9.17, 15) is 9.59 Å². The smallest absolute Gasteiger partial charge is 0.317 e. The lowest BCUT2D eigenvalue weighted by molar-refractivity contribution is -0.126. The van der Waals surface area contributed by atoms with E-state index in [1.165, 1.54) is 0 Å². The number of halogens is 1. The average Bonchev–Trinajstić information content (AvgIpc) is 3.40. The maximum absolute atomic E-state index is 12.5. The Kier molecular flexibility index (Phi) is 5.57. The Hall–Kier alpha value is -2.47. The van der Waals surface area contributed by atoms with Crippen molar-refractivity contribution in [2.24, 2.45) is 5.92 Å². The first-order valence-corrected chi connectivity index (χ1v) is 10.1. The zero-order chi connectivity index (χ0) is 19.5. The van der Waals surface area contributed by atoms with Gasteiger partial charge in [0.15, 0.2) is 0 Å². The fraction of sp³-hybridized carbons (Fsp3) is 0.429. The number of nitrogens with zero attached hydrogens (tertiary/aromatic N) is 1. The highest BCUT2D eigenvalue weighted by Gasteiger charge is 2.30. The van der Waals surface area contributed by atoms with Crippen molar-refractivity contribution in [3.8, 4) is 11.3 Å². The zero-order valence-electron chi connectivity index (χ0n) is 15.6. The second-order valence-electron chi connectivity index (χ2n) is 7.48. The van der Waals surface area contributed by atoms with Crippen LogP contribution in [0.15, 0.2) is 40.8 Å². The number of carbonyl (C=O) groups excluding carboxylic acids is 2. The molecule has 0 atom stereocenters. The maximum atomic E-state index is 12.5. The van der Waals surface area contributed by atoms with E-state index < -0.39 is 0 Å². The fourth-order valence-electron chi connectivity index (χ4n) is 3.40. The van der Waals surface area contributed by atoms with Crippen molar-refractivity contribution in [2.45, 2.75) is 38.3 Å². The highest BCUT2D eigenvalue weighted by molar-refractivity contribution is 6.30. The lowest BCUT2D eigenvalue weighted by atomic mass is 9.96. The molecule has 28 heavy (non-hydrogen) atoms. The Labute approximate surface area is 169 Å². The van der Waals surface area contributed by atoms with Gasteiger partial charge in [0, 0.05) is 35.6 Å². The minimum absolute atomic E-state index is 0.00618. The molecule has 0 spiro atoms. The summed E-state index contributed by atoms with van der Waals surface area (Å²) in [6.45, 7) is 1.60. The molecular formula is C21H24ClN3O3. The van der Waals surface area contributed by atoms with E-state index in [4.69, 9.17) is 16.0 Å². The van der Waals surface area contributed by atoms with Crippen LogP contribution in [-0.2, 0) is 11.3 Å². The van der Waals surface area contributed by atoms with Crippen LogP contribution in [0.1, 0.15) is 31.4 Å². The second-order valence-corrected chi connectivity index (χ2v) is 7.91. The van der Waals surface area contributed by atoms with E-state index in [0.29, 0.717) is 49.3 Å². The molecule has 2 heterocycles. The third-order valence-corrected chi connectivity index (χ3v) is 5.54. The maximum Gasteiger partial charge on any atom is 0.317 e. The van der Waals surface area contributed by atoms with Crippen molar-refractivity contribution in [3.05, 3.63) is 47.2 Å². The Morgan fingerprint density at radius 1 is 1.04 bits per heavy atom. The first kappa shape index (κ1) is 18.9. The summed E-state index contributed by atoms with van der Waals surface area (Å²) in [7, 11) is 0. The number of furan rings is 1. The number of piperidine rings is 1. The van der Waals surface area contributed by atoms with Gasteiger partial charge in [-0.2, -0.15) is 0 Å². The third kappa shape index (κ3) is 4.68. The van der Waals surface area contributed by atoms with Crippen LogP contribution in [0, 0.1) is 5.92 Å². The molecule has 148 valence electrons. The van der Waals surface area contributed by atoms with Crippen LogP contribution in [0.5, 0.6) is 0 Å². The van der Waals surface area contributed by atoms with Gasteiger partial charge in [-0.1, -0.05) is 11.6 Å². The Balaban J connectivity index is 1.23. The summed E-state index contributed by atoms with van der Waals surface area (Å²) < 4.78 is 5.82. The second kappa shape index (κ2) is 8.27. The SMILES string of the molecule is O=C(NCc1ccc(-c2ccc(Cl)cc2)o1)C1CCN(C(=O)NC2CC2)CC1. The predicted octanol–water partition coefficient (Wildman–Crippen LogP) is 3.80. The van der Waals surface area contributed by atoms with Gasteiger partial charge in [-0.25, -0.2) is 4.79 Å². The Bertz CT molecular complexity index is 837. The highest BCUT2D eigenvalue weighted by Crippen LogP contribution is 2.24. The summed E-state index contributed by atoms with van der Waals surface area (Å²) in [5.41, 5.74) is 0.943. The average molecular weight is 402 g/mol. The van der Waals surface area contributed by atoms with Crippen LogP contribution in [0.4, 0.5) is 4.79 Å². The zero-order valence-corrected chi connectivity index (χ0v) is 16.4. The minimum Gasteiger partial charge on any atom is -0.459 e. The van der Waals surface area contributed by atoms with Crippen molar-refractivity contribution in [1.29, 1.82) is 0 Å². The summed E-state index contributed by atoms with van der Waals surface area (Å²) in [5.74, 6) is 1.41. The first-order valence-electron chi connectivity index (χ1n) is 9.76. The first-order chi connectivity index (χ1) is 13.6. The quantitative estimate of drug-likeness (QED) is 0.800. The fourth-order valence-corrected chi connectivity index (χ4v) is 3.53. The lowest BCUT2D eigenvalue weighted by Crippen LogP contribution is -2.47. The van der Waals surface area contributed by atoms with Gasteiger partial charge >= 0.3 is 6.03 Å². The molecule has 1 aromatic carbocycles. The monoisotopic (exact) mass is 401 g/mol. The molecule has 2 aromatic rings. The standard InChI is InChI=1S/C21H24ClN3O3/c22-16-3-1-14(2-4-16)19-8-7-18(28-19)13-23-20(26)15-9-11-25(12-10-15)21(27)24-17-5-6-17/h1-4,7-8,15,17H,5-6,9-13H2,(H,23,26)(H,24,27). The molecular weight excluding hydrogens is 378 g/mol. The lowest BCUT2D eigenvalue weighted by Gasteiger charge is -2.31. The number of nitrogens with one attached hydrogen (secondary N) is 2. The van der Waals surface area contributed by atoms with Crippen molar-refractivity contribution in [2.75, 3.05) is 13.1 Å². The van der Waals surface area contributed by atoms with Crippen molar-refractivity contribution < 1.29 is 14.0 Å². The van der Waals surface area contributed by atoms with E-state index in [-0.39, 0.29) is 17.9 Å². The molecule has 1 saturated heterocycles. The highest BCUT2D eigenvalue weighted by atomic mass is 35.5. The largest absolute Gasteiger partial charge is 0.459 e. The van der Waals surface area contributed by atoms with Gasteiger partial charge in [-0.3, -0.25) is 4.79 Å². The topological polar surface area (TPSA) is 74.6 Å². The summed E-state index contributed by atoms with van der Waals surface area (Å²) in [5, 5.41) is 6.64. The van der Waals surface area contributed by atoms with Crippen LogP contribution in [0.2, 0.25) is 5.02 Å². The summed E-state index contributed by atoms with van der Waals surface area (Å²) in [6, 6.07) is 11.6. The number of urea groups is 1. The summed E-state index contributed by atoms with van der Waals surface area (Å²) >= 11 is 5.91. The molecule has 6 nitrogen and oxygen atoms in total. The van der Waals surface area contributed by atoms with Crippen molar-refractivity contribution >= 4 is 23.5 Å². The molecule has 3 amide bonds. The number of amides is 3. The normalized spacial score (nSPS) is 17.4. The van der Waals surface area contributed by atoms with Gasteiger partial charge < -0.3 is 20.0 Å². The van der Waals surface area contributed by atoms with E-state index in [0.717, 1.165) is 24.2 Å². The Morgan fingerprint density at radius 3 is 2.43 bits per heavy atom. The van der Waals surface area contributed by atoms with Gasteiger partial charge in [0.05, 0.1) is 6.54 Å². The van der Waals surface area contributed by atoms with Gasteiger partial charge in [0.25, 0.3) is 0 Å². The molecule has 1 aliphatic heterocycles. The predicted molar refractivity (Wildman–Crippen MR) is 107 cm³/mol. The number of likely N-dealkylation sites (tertiary alicyclic amines) is 1. The van der Waals surface area contributed by atoms with Gasteiger partial charge in [0.1, 0.15) is 11.5 Å². The van der Waals surface area contributed by atoms with Crippen LogP contribution in [0.3, 0.4) is 0 Å². The molecule has 0 unspecified atom stereocenters. The number of carbonyl (C=O) groups is 2. The minimum atomic E-state index is -0.0596. The number of benzene rings is 1. The van der Waals surface area contributed by atoms with E-state index in [2.05, 4.69) is 10.6 Å². The molecule has 1 aliphatic carbocycles. The molecule has 1 aromatic heterocycles. The van der Waals surface area contributed by atoms with Gasteiger partial charge in [0.2, 0.25) is 5.91 Å². The number of rotatable bonds is 5. The van der Waals surface area contributed by atoms with Gasteiger partial charge in [-0.05, 0) is 62.1 Å². The van der Waals surface area contributed by atoms with Crippen LogP contribution in [0.25, 0.3) is 11.3 Å². The molecule has 2 aliphatic rings. The molecule has 0 bridgehead atoms. The molecule has 2 fully saturated rings. The Morgan fingerprint density at radius 2 is 1.75 bits per heavy atom. The molecule has 4 rings (SSSR count). The van der Waals surface area contributed by atoms with E-state index in [1.54, 1.807) is 0 Å². The third-order valence-electron chi connectivity index (χ3n) is 5.29. The molecule has 0 radical (unpaired) electrons. The molecule has 7 heteroatoms. The van der Waals surface area contributed by atoms with E-state index in [1.807, 2.05) is 41.3 Å². The van der Waals surface area contributed by atoms with E-state index >= 15 is 0 Å². The van der Waals surface area contributed by atoms with Gasteiger partial charge in [-0.15, -0.1) is 0 Å². The van der Waals surface area contributed by atoms with Crippen molar-refractivity contribution in [3.63, 3.8) is 0 Å². The molecule has 2 N–H and O–H groups in total. The van der Waals surface area contributed by atoms with Crippen LogP contribution < -0.4 is 10.6 Å². The van der Waals surface area contributed by atoms with Crippen LogP contribution in [-0.4, -0.2) is 36.0 Å². The van der Waals surface area contributed by atoms with Crippen molar-refractivity contribution in [1.82, 2.24) is 15.5 Å². The summed E-state index contributed by atoms with van der Waals surface area (Å²) in [4.78, 5) is 26.3. The number of hydrogen-bond acceptors (Lipinski definition) is 3.